The molecule has 0 aliphatic carbocycles. The molecule has 1 amide bonds. The number of carbonyl (C=O) groups excluding carboxylic acids is 1. The van der Waals surface area contributed by atoms with Gasteiger partial charge in [-0.1, -0.05) is 0 Å². The van der Waals surface area contributed by atoms with Gasteiger partial charge in [-0.15, -0.1) is 0 Å². The lowest BCUT2D eigenvalue weighted by Crippen LogP contribution is -2.45. The quantitative estimate of drug-likeness (QED) is 0.866. The van der Waals surface area contributed by atoms with Crippen molar-refractivity contribution in [3.05, 3.63) is 11.8 Å². The third kappa shape index (κ3) is 4.95. The lowest BCUT2D eigenvalue weighted by atomic mass is 10.2. The van der Waals surface area contributed by atoms with Gasteiger partial charge in [0, 0.05) is 18.8 Å². The number of hydrogen-bond acceptors (Lipinski definition) is 3. The van der Waals surface area contributed by atoms with E-state index in [9.17, 15) is 9.00 Å². The van der Waals surface area contributed by atoms with Crippen LogP contribution >= 0.6 is 0 Å². The Morgan fingerprint density at radius 2 is 1.95 bits per heavy atom. The summed E-state index contributed by atoms with van der Waals surface area (Å²) in [7, 11) is -1.14. The normalized spacial score (nSPS) is 17.6. The van der Waals surface area contributed by atoms with Crippen molar-refractivity contribution >= 4 is 17.1 Å². The Morgan fingerprint density at radius 3 is 2.32 bits per heavy atom. The first-order valence-electron chi connectivity index (χ1n) is 6.35. The van der Waals surface area contributed by atoms with Crippen LogP contribution in [0.25, 0.3) is 0 Å². The summed E-state index contributed by atoms with van der Waals surface area (Å²) >= 11 is 0. The molecule has 1 heterocycles. The number of ether oxygens (including phenoxy) is 1. The Hall–Kier alpha value is -0.880. The first-order valence-corrected chi connectivity index (χ1v) is 7.50. The number of rotatable bonds is 3. The van der Waals surface area contributed by atoms with Gasteiger partial charge in [-0.05, 0) is 47.6 Å². The number of carbonyl (C=O) groups is 1. The summed E-state index contributed by atoms with van der Waals surface area (Å²) in [4.78, 5) is 13.4. The highest BCUT2D eigenvalue weighted by Gasteiger charge is 2.29. The fourth-order valence-electron chi connectivity index (χ4n) is 1.34. The van der Waals surface area contributed by atoms with Crippen LogP contribution in [0.15, 0.2) is 11.8 Å². The van der Waals surface area contributed by atoms with E-state index in [4.69, 9.17) is 4.74 Å². The summed E-state index contributed by atoms with van der Waals surface area (Å²) in [6.07, 6.45) is 1.57. The van der Waals surface area contributed by atoms with Crippen LogP contribution in [0.4, 0.5) is 4.79 Å². The molecule has 0 spiro atoms. The van der Waals surface area contributed by atoms with Crippen molar-refractivity contribution in [2.75, 3.05) is 13.1 Å². The van der Waals surface area contributed by atoms with Crippen molar-refractivity contribution in [1.29, 1.82) is 0 Å². The molecule has 1 unspecified atom stereocenters. The second-order valence-corrected chi connectivity index (χ2v) is 8.54. The SMILES string of the molecule is CC(C)(C)OC(=O)N1CC=C1CNS(=O)C(C)(C)C. The molecule has 1 atom stereocenters. The van der Waals surface area contributed by atoms with E-state index in [-0.39, 0.29) is 10.8 Å². The minimum absolute atomic E-state index is 0.318. The number of nitrogens with zero attached hydrogens (tertiary/aromatic N) is 1. The highest BCUT2D eigenvalue weighted by atomic mass is 32.2. The van der Waals surface area contributed by atoms with E-state index in [1.54, 1.807) is 4.90 Å². The van der Waals surface area contributed by atoms with E-state index < -0.39 is 16.6 Å². The zero-order valence-corrected chi connectivity index (χ0v) is 13.4. The summed E-state index contributed by atoms with van der Waals surface area (Å²) in [5, 5.41) is 0. The van der Waals surface area contributed by atoms with Gasteiger partial charge in [-0.2, -0.15) is 0 Å². The Balaban J connectivity index is 2.46. The van der Waals surface area contributed by atoms with E-state index >= 15 is 0 Å². The second kappa shape index (κ2) is 5.63. The average molecular weight is 288 g/mol. The predicted molar refractivity (Wildman–Crippen MR) is 76.9 cm³/mol. The van der Waals surface area contributed by atoms with E-state index in [1.807, 2.05) is 47.6 Å². The van der Waals surface area contributed by atoms with Gasteiger partial charge < -0.3 is 4.74 Å². The van der Waals surface area contributed by atoms with Gasteiger partial charge in [0.1, 0.15) is 5.60 Å². The molecular formula is C13H24N2O3S. The molecule has 110 valence electrons. The van der Waals surface area contributed by atoms with Crippen molar-refractivity contribution in [2.45, 2.75) is 51.9 Å². The topological polar surface area (TPSA) is 58.6 Å². The highest BCUT2D eigenvalue weighted by Crippen LogP contribution is 2.19. The maximum absolute atomic E-state index is 11.9. The highest BCUT2D eigenvalue weighted by molar-refractivity contribution is 7.84. The molecule has 0 fully saturated rings. The molecular weight excluding hydrogens is 264 g/mol. The van der Waals surface area contributed by atoms with Gasteiger partial charge in [-0.25, -0.2) is 13.7 Å². The molecule has 1 aliphatic rings. The third-order valence-electron chi connectivity index (χ3n) is 2.41. The summed E-state index contributed by atoms with van der Waals surface area (Å²) in [5.74, 6) is 0. The molecule has 0 aromatic carbocycles. The monoisotopic (exact) mass is 288 g/mol. The van der Waals surface area contributed by atoms with Crippen LogP contribution in [0.2, 0.25) is 0 Å². The number of amides is 1. The molecule has 5 nitrogen and oxygen atoms in total. The number of hydrogen-bond donors (Lipinski definition) is 1. The first kappa shape index (κ1) is 16.2. The lowest BCUT2D eigenvalue weighted by Gasteiger charge is -2.34. The van der Waals surface area contributed by atoms with Crippen LogP contribution in [-0.2, 0) is 15.7 Å². The molecule has 1 N–H and O–H groups in total. The smallest absolute Gasteiger partial charge is 0.414 e. The minimum atomic E-state index is -1.14. The molecule has 1 aliphatic heterocycles. The van der Waals surface area contributed by atoms with Gasteiger partial charge in [0.15, 0.2) is 0 Å². The fraction of sp³-hybridized carbons (Fsp3) is 0.769. The van der Waals surface area contributed by atoms with Crippen molar-refractivity contribution in [2.24, 2.45) is 0 Å². The molecule has 0 bridgehead atoms. The van der Waals surface area contributed by atoms with Crippen LogP contribution in [0.3, 0.4) is 0 Å². The number of nitrogens with one attached hydrogen (secondary N) is 1. The molecule has 1 rings (SSSR count). The molecule has 19 heavy (non-hydrogen) atoms. The molecule has 0 aromatic heterocycles. The van der Waals surface area contributed by atoms with Crippen molar-refractivity contribution in [3.63, 3.8) is 0 Å². The average Bonchev–Trinajstić information content (AvgIpc) is 2.10. The van der Waals surface area contributed by atoms with E-state index in [0.717, 1.165) is 5.70 Å². The summed E-state index contributed by atoms with van der Waals surface area (Å²) < 4.78 is 19.7. The molecule has 0 radical (unpaired) electrons. The van der Waals surface area contributed by atoms with E-state index in [0.29, 0.717) is 13.1 Å². The molecule has 0 aromatic rings. The Morgan fingerprint density at radius 1 is 1.37 bits per heavy atom. The van der Waals surface area contributed by atoms with Crippen molar-refractivity contribution in [3.8, 4) is 0 Å². The van der Waals surface area contributed by atoms with Gasteiger partial charge in [-0.3, -0.25) is 4.90 Å². The maximum Gasteiger partial charge on any atom is 0.414 e. The minimum Gasteiger partial charge on any atom is -0.443 e. The fourth-order valence-corrected chi connectivity index (χ4v) is 2.06. The largest absolute Gasteiger partial charge is 0.443 e. The molecule has 6 heteroatoms. The van der Waals surface area contributed by atoms with Crippen LogP contribution < -0.4 is 4.72 Å². The molecule has 0 saturated heterocycles. The first-order chi connectivity index (χ1) is 8.50. The standard InChI is InChI=1S/C13H24N2O3S/c1-12(2,3)18-11(16)15-8-7-10(15)9-14-19(17)13(4,5)6/h7,14H,8-9H2,1-6H3. The van der Waals surface area contributed by atoms with Gasteiger partial charge in [0.2, 0.25) is 0 Å². The van der Waals surface area contributed by atoms with Crippen molar-refractivity contribution < 1.29 is 13.7 Å². The van der Waals surface area contributed by atoms with Crippen LogP contribution in [0.5, 0.6) is 0 Å². The summed E-state index contributed by atoms with van der Waals surface area (Å²) in [6.45, 7) is 12.2. The Kier molecular flexibility index (Phi) is 4.79. The third-order valence-corrected chi connectivity index (χ3v) is 3.93. The Labute approximate surface area is 118 Å². The summed E-state index contributed by atoms with van der Waals surface area (Å²) in [5.41, 5.74) is 0.311. The predicted octanol–water partition coefficient (Wildman–Crippen LogP) is 2.17. The Bertz CT molecular complexity index is 405. The lowest BCUT2D eigenvalue weighted by molar-refractivity contribution is 0.0296. The zero-order chi connectivity index (χ0) is 14.8. The molecule has 0 saturated carbocycles. The van der Waals surface area contributed by atoms with Crippen molar-refractivity contribution in [1.82, 2.24) is 9.62 Å². The second-order valence-electron chi connectivity index (χ2n) is 6.49. The van der Waals surface area contributed by atoms with E-state index in [2.05, 4.69) is 4.72 Å². The summed E-state index contributed by atoms with van der Waals surface area (Å²) in [6, 6.07) is 0. The maximum atomic E-state index is 11.9. The van der Waals surface area contributed by atoms with Crippen LogP contribution in [0, 0.1) is 0 Å². The zero-order valence-electron chi connectivity index (χ0n) is 12.6. The van der Waals surface area contributed by atoms with Gasteiger partial charge >= 0.3 is 6.09 Å². The van der Waals surface area contributed by atoms with Gasteiger partial charge in [0.25, 0.3) is 0 Å². The van der Waals surface area contributed by atoms with E-state index in [1.165, 1.54) is 0 Å². The van der Waals surface area contributed by atoms with Crippen LogP contribution in [-0.4, -0.2) is 38.6 Å². The van der Waals surface area contributed by atoms with Gasteiger partial charge in [0.05, 0.1) is 15.7 Å². The van der Waals surface area contributed by atoms with Crippen LogP contribution in [0.1, 0.15) is 41.5 Å².